The van der Waals surface area contributed by atoms with Crippen molar-refractivity contribution >= 4 is 29.9 Å². The van der Waals surface area contributed by atoms with Gasteiger partial charge in [-0.05, 0) is 29.7 Å². The topological polar surface area (TPSA) is 75.4 Å². The van der Waals surface area contributed by atoms with E-state index < -0.39 is 0 Å². The van der Waals surface area contributed by atoms with Crippen LogP contribution < -0.4 is 16.0 Å². The monoisotopic (exact) mass is 373 g/mol. The van der Waals surface area contributed by atoms with Gasteiger partial charge >= 0.3 is 0 Å². The van der Waals surface area contributed by atoms with Crippen molar-refractivity contribution in [2.75, 3.05) is 11.4 Å². The zero-order valence-corrected chi connectivity index (χ0v) is 15.4. The Labute approximate surface area is 160 Å². The number of rotatable bonds is 6. The molecule has 1 unspecified atom stereocenters. The lowest BCUT2D eigenvalue weighted by Gasteiger charge is -2.16. The Hall–Kier alpha value is -2.37. The lowest BCUT2D eigenvalue weighted by molar-refractivity contribution is -0.121. The van der Waals surface area contributed by atoms with E-state index in [0.717, 1.165) is 29.8 Å². The maximum Gasteiger partial charge on any atom is 0.227 e. The van der Waals surface area contributed by atoms with E-state index in [1.54, 1.807) is 4.90 Å². The molecule has 1 aliphatic heterocycles. The highest BCUT2D eigenvalue weighted by Crippen LogP contribution is 2.21. The highest BCUT2D eigenvalue weighted by molar-refractivity contribution is 5.95. The first kappa shape index (κ1) is 19.9. The fraction of sp³-hybridized carbons (Fsp3) is 0.300. The average Bonchev–Trinajstić information content (AvgIpc) is 3.07. The van der Waals surface area contributed by atoms with Crippen molar-refractivity contribution in [3.05, 3.63) is 65.7 Å². The summed E-state index contributed by atoms with van der Waals surface area (Å²) < 4.78 is 0. The minimum Gasteiger partial charge on any atom is -0.352 e. The number of hydrogen-bond acceptors (Lipinski definition) is 3. The molecule has 3 rings (SSSR count). The molecule has 1 atom stereocenters. The molecule has 3 N–H and O–H groups in total. The summed E-state index contributed by atoms with van der Waals surface area (Å²) in [5, 5.41) is 2.90. The molecule has 0 aromatic heterocycles. The van der Waals surface area contributed by atoms with E-state index in [-0.39, 0.29) is 36.7 Å². The molecule has 26 heavy (non-hydrogen) atoms. The molecule has 0 saturated carbocycles. The van der Waals surface area contributed by atoms with Gasteiger partial charge in [0.05, 0.1) is 0 Å². The molecule has 0 aliphatic carbocycles. The second-order valence-corrected chi connectivity index (χ2v) is 6.31. The zero-order valence-electron chi connectivity index (χ0n) is 14.6. The lowest BCUT2D eigenvalue weighted by Crippen LogP contribution is -2.27. The molecule has 0 spiro atoms. The highest BCUT2D eigenvalue weighted by Gasteiger charge is 2.21. The lowest BCUT2D eigenvalue weighted by atomic mass is 10.0. The summed E-state index contributed by atoms with van der Waals surface area (Å²) in [7, 11) is 0. The molecule has 0 bridgehead atoms. The summed E-state index contributed by atoms with van der Waals surface area (Å²) in [6.45, 7) is 1.24. The maximum absolute atomic E-state index is 12.1. The molecule has 2 aromatic carbocycles. The van der Waals surface area contributed by atoms with Gasteiger partial charge in [0.15, 0.2) is 0 Å². The molecule has 2 aromatic rings. The van der Waals surface area contributed by atoms with Crippen LogP contribution in [0.1, 0.15) is 36.4 Å². The van der Waals surface area contributed by atoms with Crippen molar-refractivity contribution < 1.29 is 9.59 Å². The van der Waals surface area contributed by atoms with E-state index in [9.17, 15) is 9.59 Å². The summed E-state index contributed by atoms with van der Waals surface area (Å²) in [5.41, 5.74) is 8.94. The number of hydrogen-bond donors (Lipinski definition) is 2. The van der Waals surface area contributed by atoms with Gasteiger partial charge in [-0.2, -0.15) is 0 Å². The molecular weight excluding hydrogens is 350 g/mol. The van der Waals surface area contributed by atoms with E-state index in [1.807, 2.05) is 54.6 Å². The van der Waals surface area contributed by atoms with E-state index >= 15 is 0 Å². The van der Waals surface area contributed by atoms with E-state index in [1.165, 1.54) is 0 Å². The van der Waals surface area contributed by atoms with Gasteiger partial charge < -0.3 is 16.0 Å². The predicted molar refractivity (Wildman–Crippen MR) is 105 cm³/mol. The fourth-order valence-corrected chi connectivity index (χ4v) is 3.01. The number of carbonyl (C=O) groups is 2. The van der Waals surface area contributed by atoms with Crippen LogP contribution in [0.15, 0.2) is 54.6 Å². The number of anilines is 1. The third-order valence-corrected chi connectivity index (χ3v) is 4.44. The van der Waals surface area contributed by atoms with Crippen LogP contribution in [0.4, 0.5) is 5.69 Å². The number of amides is 2. The summed E-state index contributed by atoms with van der Waals surface area (Å²) in [4.78, 5) is 25.6. The second kappa shape index (κ2) is 9.36. The van der Waals surface area contributed by atoms with Crippen molar-refractivity contribution in [1.29, 1.82) is 0 Å². The minimum absolute atomic E-state index is 0. The standard InChI is InChI=1S/C20H23N3O2.ClH/c21-18(16-5-2-1-3-6-16)13-19(24)22-14-15-8-10-17(11-9-15)23-12-4-7-20(23)25;/h1-3,5-6,8-11,18H,4,7,12-14,21H2,(H,22,24);1H. The van der Waals surface area contributed by atoms with Crippen molar-refractivity contribution in [3.63, 3.8) is 0 Å². The largest absolute Gasteiger partial charge is 0.352 e. The highest BCUT2D eigenvalue weighted by atomic mass is 35.5. The number of nitrogens with one attached hydrogen (secondary N) is 1. The Morgan fingerprint density at radius 3 is 2.42 bits per heavy atom. The molecule has 138 valence electrons. The van der Waals surface area contributed by atoms with Gasteiger partial charge in [-0.15, -0.1) is 12.4 Å². The van der Waals surface area contributed by atoms with Crippen LogP contribution in [0.3, 0.4) is 0 Å². The van der Waals surface area contributed by atoms with Crippen LogP contribution in [0.2, 0.25) is 0 Å². The zero-order chi connectivity index (χ0) is 17.6. The van der Waals surface area contributed by atoms with Crippen molar-refractivity contribution in [1.82, 2.24) is 5.32 Å². The SMILES string of the molecule is Cl.NC(CC(=O)NCc1ccc(N2CCCC2=O)cc1)c1ccccc1. The van der Waals surface area contributed by atoms with Crippen molar-refractivity contribution in [3.8, 4) is 0 Å². The van der Waals surface area contributed by atoms with Crippen molar-refractivity contribution in [2.45, 2.75) is 31.8 Å². The van der Waals surface area contributed by atoms with E-state index in [4.69, 9.17) is 5.73 Å². The fourth-order valence-electron chi connectivity index (χ4n) is 3.01. The smallest absolute Gasteiger partial charge is 0.227 e. The molecular formula is C20H24ClN3O2. The van der Waals surface area contributed by atoms with E-state index in [0.29, 0.717) is 13.0 Å². The summed E-state index contributed by atoms with van der Waals surface area (Å²) in [5.74, 6) is 0.103. The third kappa shape index (κ3) is 5.07. The van der Waals surface area contributed by atoms with Gasteiger partial charge in [0.25, 0.3) is 0 Å². The predicted octanol–water partition coefficient (Wildman–Crippen LogP) is 2.94. The first-order valence-corrected chi connectivity index (χ1v) is 8.60. The van der Waals surface area contributed by atoms with Crippen LogP contribution in [-0.2, 0) is 16.1 Å². The second-order valence-electron chi connectivity index (χ2n) is 6.31. The summed E-state index contributed by atoms with van der Waals surface area (Å²) >= 11 is 0. The van der Waals surface area contributed by atoms with Crippen LogP contribution in [0.25, 0.3) is 0 Å². The van der Waals surface area contributed by atoms with Gasteiger partial charge in [-0.3, -0.25) is 9.59 Å². The van der Waals surface area contributed by atoms with Gasteiger partial charge in [0, 0.05) is 37.7 Å². The first-order valence-electron chi connectivity index (χ1n) is 8.60. The van der Waals surface area contributed by atoms with Crippen LogP contribution in [0, 0.1) is 0 Å². The molecule has 1 heterocycles. The molecule has 0 radical (unpaired) electrons. The van der Waals surface area contributed by atoms with Gasteiger partial charge in [-0.1, -0.05) is 42.5 Å². The molecule has 1 saturated heterocycles. The molecule has 6 heteroatoms. The minimum atomic E-state index is -0.301. The van der Waals surface area contributed by atoms with E-state index in [2.05, 4.69) is 5.32 Å². The number of halogens is 1. The Balaban J connectivity index is 0.00000243. The van der Waals surface area contributed by atoms with Crippen LogP contribution >= 0.6 is 12.4 Å². The molecule has 1 aliphatic rings. The Morgan fingerprint density at radius 2 is 1.81 bits per heavy atom. The quantitative estimate of drug-likeness (QED) is 0.817. The summed E-state index contributed by atoms with van der Waals surface area (Å²) in [6.07, 6.45) is 1.79. The molecule has 2 amide bonds. The third-order valence-electron chi connectivity index (χ3n) is 4.44. The van der Waals surface area contributed by atoms with Gasteiger partial charge in [0.2, 0.25) is 11.8 Å². The first-order chi connectivity index (χ1) is 12.1. The number of nitrogens with zero attached hydrogens (tertiary/aromatic N) is 1. The maximum atomic E-state index is 12.1. The van der Waals surface area contributed by atoms with Gasteiger partial charge in [0.1, 0.15) is 0 Å². The normalized spacial score (nSPS) is 14.7. The Bertz CT molecular complexity index is 734. The average molecular weight is 374 g/mol. The number of carbonyl (C=O) groups excluding carboxylic acids is 2. The van der Waals surface area contributed by atoms with Crippen molar-refractivity contribution in [2.24, 2.45) is 5.73 Å². The molecule has 5 nitrogen and oxygen atoms in total. The number of benzene rings is 2. The molecule has 1 fully saturated rings. The Kier molecular flexibility index (Phi) is 7.18. The number of nitrogens with two attached hydrogens (primary N) is 1. The summed E-state index contributed by atoms with van der Waals surface area (Å²) in [6, 6.07) is 17.1. The Morgan fingerprint density at radius 1 is 1.12 bits per heavy atom. The van der Waals surface area contributed by atoms with Gasteiger partial charge in [-0.25, -0.2) is 0 Å². The van der Waals surface area contributed by atoms with Crippen LogP contribution in [-0.4, -0.2) is 18.4 Å². The van der Waals surface area contributed by atoms with Crippen LogP contribution in [0.5, 0.6) is 0 Å².